The Balaban J connectivity index is 6.37. The number of halogens is 15. The number of hydrogen-bond donors (Lipinski definition) is 0. The van der Waals surface area contributed by atoms with E-state index in [2.05, 4.69) is 0 Å². The van der Waals surface area contributed by atoms with E-state index >= 15 is 0 Å². The second-order valence-electron chi connectivity index (χ2n) is 3.91. The highest BCUT2D eigenvalue weighted by Crippen LogP contribution is 2.61. The largest absolute Gasteiger partial charge is 0.460 e. The summed E-state index contributed by atoms with van der Waals surface area (Å²) in [5.74, 6) is -40.7. The molecule has 0 bridgehead atoms. The van der Waals surface area contributed by atoms with Crippen LogP contribution in [-0.4, -0.2) is 41.8 Å². The Morgan fingerprint density at radius 3 is 0.783 bits per heavy atom. The molecule has 23 heavy (non-hydrogen) atoms. The van der Waals surface area contributed by atoms with Crippen LogP contribution in [0.4, 0.5) is 65.9 Å². The summed E-state index contributed by atoms with van der Waals surface area (Å²) in [6.07, 6.45) is -7.63. The first-order valence-electron chi connectivity index (χ1n) is 4.56. The molecule has 2 radical (unpaired) electrons. The van der Waals surface area contributed by atoms with Crippen molar-refractivity contribution in [1.29, 1.82) is 0 Å². The lowest BCUT2D eigenvalue weighted by molar-refractivity contribution is -0.452. The average Bonchev–Trinajstić information content (AvgIpc) is 2.24. The van der Waals surface area contributed by atoms with Gasteiger partial charge in [-0.05, 0) is 0 Å². The maximum atomic E-state index is 12.6. The Morgan fingerprint density at radius 2 is 0.565 bits per heavy atom. The third-order valence-corrected chi connectivity index (χ3v) is 2.31. The standard InChI is InChI=1S/C7F15N/c8-1(9,2(10,11)4(14,15)6(18,19)20)3(12,13)5(16,17)7(21,22)23. The first-order valence-corrected chi connectivity index (χ1v) is 4.56. The third kappa shape index (κ3) is 2.67. The van der Waals surface area contributed by atoms with Crippen LogP contribution < -0.4 is 5.73 Å². The van der Waals surface area contributed by atoms with Gasteiger partial charge in [-0.25, -0.2) is 0 Å². The molecule has 0 saturated heterocycles. The van der Waals surface area contributed by atoms with Crippen molar-refractivity contribution < 1.29 is 65.9 Å². The van der Waals surface area contributed by atoms with Crippen LogP contribution in [0.3, 0.4) is 0 Å². The summed E-state index contributed by atoms with van der Waals surface area (Å²) in [5.41, 5.74) is 7.32. The van der Waals surface area contributed by atoms with Crippen LogP contribution in [0.25, 0.3) is 0 Å². The lowest BCUT2D eigenvalue weighted by Gasteiger charge is -2.40. The Kier molecular flexibility index (Phi) is 4.72. The fourth-order valence-electron chi connectivity index (χ4n) is 0.958. The lowest BCUT2D eigenvalue weighted by Crippen LogP contribution is -2.72. The minimum Gasteiger partial charge on any atom is -0.192 e. The van der Waals surface area contributed by atoms with Crippen molar-refractivity contribution in [2.45, 2.75) is 41.8 Å². The van der Waals surface area contributed by atoms with Gasteiger partial charge in [0.05, 0.1) is 0 Å². The van der Waals surface area contributed by atoms with Gasteiger partial charge >= 0.3 is 41.8 Å². The number of alkyl halides is 15. The molecular weight excluding hydrogens is 383 g/mol. The predicted octanol–water partition coefficient (Wildman–Crippen LogP) is 4.39. The van der Waals surface area contributed by atoms with Gasteiger partial charge in [0, 0.05) is 0 Å². The van der Waals surface area contributed by atoms with Crippen LogP contribution >= 0.6 is 0 Å². The molecule has 16 heteroatoms. The smallest absolute Gasteiger partial charge is 0.192 e. The first-order chi connectivity index (χ1) is 9.50. The maximum absolute atomic E-state index is 12.6. The van der Waals surface area contributed by atoms with Crippen molar-refractivity contribution >= 4 is 0 Å². The van der Waals surface area contributed by atoms with E-state index in [1.807, 2.05) is 0 Å². The molecule has 0 aliphatic heterocycles. The monoisotopic (exact) mass is 383 g/mol. The Hall–Kier alpha value is -1.09. The summed E-state index contributed by atoms with van der Waals surface area (Å²) < 4.78 is 183. The molecule has 0 N–H and O–H groups in total. The quantitative estimate of drug-likeness (QED) is 0.497. The van der Waals surface area contributed by atoms with Crippen LogP contribution in [-0.2, 0) is 0 Å². The summed E-state index contributed by atoms with van der Waals surface area (Å²) in [5, 5.41) is 0. The van der Waals surface area contributed by atoms with Gasteiger partial charge in [-0.2, -0.15) is 65.9 Å². The first kappa shape index (κ1) is 21.9. The Labute approximate surface area is 115 Å². The molecule has 0 fully saturated rings. The minimum absolute atomic E-state index is 7.16. The predicted molar refractivity (Wildman–Crippen MR) is 37.9 cm³/mol. The van der Waals surface area contributed by atoms with Crippen LogP contribution in [0.5, 0.6) is 0 Å². The molecule has 0 saturated carbocycles. The summed E-state index contributed by atoms with van der Waals surface area (Å²) >= 11 is 0. The molecule has 0 aromatic heterocycles. The van der Waals surface area contributed by atoms with Crippen molar-refractivity contribution in [3.05, 3.63) is 0 Å². The molecule has 138 valence electrons. The van der Waals surface area contributed by atoms with E-state index in [0.717, 1.165) is 0 Å². The molecule has 0 aromatic rings. The highest BCUT2D eigenvalue weighted by Gasteiger charge is 2.93. The van der Waals surface area contributed by atoms with Gasteiger partial charge in [0.25, 0.3) is 0 Å². The Bertz CT molecular complexity index is 400. The van der Waals surface area contributed by atoms with E-state index in [1.54, 1.807) is 0 Å². The number of hydrogen-bond acceptors (Lipinski definition) is 0. The second-order valence-corrected chi connectivity index (χ2v) is 3.91. The van der Waals surface area contributed by atoms with Gasteiger partial charge in [0.2, 0.25) is 0 Å². The number of rotatable bonds is 5. The normalized spacial score (nSPS) is 16.7. The van der Waals surface area contributed by atoms with Crippen molar-refractivity contribution in [2.75, 3.05) is 0 Å². The maximum Gasteiger partial charge on any atom is 0.460 e. The molecule has 0 aliphatic carbocycles. The average molecular weight is 383 g/mol. The highest BCUT2D eigenvalue weighted by atomic mass is 19.4. The minimum atomic E-state index is -8.35. The second kappa shape index (κ2) is 4.95. The molecule has 0 unspecified atom stereocenters. The molecule has 0 rings (SSSR count). The highest BCUT2D eigenvalue weighted by molar-refractivity contribution is 5.12. The van der Waals surface area contributed by atoms with Crippen molar-refractivity contribution in [2.24, 2.45) is 0 Å². The zero-order chi connectivity index (χ0) is 19.5. The fourth-order valence-corrected chi connectivity index (χ4v) is 0.958. The van der Waals surface area contributed by atoms with Gasteiger partial charge in [-0.1, -0.05) is 5.73 Å². The number of nitrogens with zero attached hydrogens (tertiary/aromatic N) is 1. The Morgan fingerprint density at radius 1 is 0.348 bits per heavy atom. The topological polar surface area (TPSA) is 22.3 Å². The molecular formula is C7F15N. The molecule has 0 amide bonds. The van der Waals surface area contributed by atoms with E-state index in [4.69, 9.17) is 5.73 Å². The fraction of sp³-hybridized carbons (Fsp3) is 1.00. The van der Waals surface area contributed by atoms with E-state index in [9.17, 15) is 65.9 Å². The van der Waals surface area contributed by atoms with Gasteiger partial charge in [0.1, 0.15) is 0 Å². The summed E-state index contributed by atoms with van der Waals surface area (Å²) in [6, 6.07) is -7.16. The molecule has 0 heterocycles. The van der Waals surface area contributed by atoms with Crippen molar-refractivity contribution in [3.63, 3.8) is 0 Å². The zero-order valence-corrected chi connectivity index (χ0v) is 9.62. The lowest BCUT2D eigenvalue weighted by atomic mass is 9.93. The molecule has 0 aliphatic rings. The van der Waals surface area contributed by atoms with Crippen LogP contribution in [0.1, 0.15) is 0 Å². The zero-order valence-electron chi connectivity index (χ0n) is 9.62. The van der Waals surface area contributed by atoms with Crippen molar-refractivity contribution in [1.82, 2.24) is 5.73 Å². The molecule has 0 spiro atoms. The van der Waals surface area contributed by atoms with Gasteiger partial charge in [-0.3, -0.25) is 0 Å². The third-order valence-electron chi connectivity index (χ3n) is 2.31. The van der Waals surface area contributed by atoms with Gasteiger partial charge in [-0.15, -0.1) is 0 Å². The SMILES string of the molecule is [N]C(F)(F)C(F)(F)C(F)(F)C(F)(F)C(F)(F)C(F)(F)C(F)(F)F. The van der Waals surface area contributed by atoms with E-state index in [1.165, 1.54) is 0 Å². The molecule has 0 atom stereocenters. The van der Waals surface area contributed by atoms with Crippen molar-refractivity contribution in [3.8, 4) is 0 Å². The molecule has 0 aromatic carbocycles. The molecule has 1 nitrogen and oxygen atoms in total. The van der Waals surface area contributed by atoms with Crippen LogP contribution in [0, 0.1) is 0 Å². The van der Waals surface area contributed by atoms with Crippen LogP contribution in [0.2, 0.25) is 0 Å². The van der Waals surface area contributed by atoms with E-state index in [0.29, 0.717) is 0 Å². The summed E-state index contributed by atoms with van der Waals surface area (Å²) in [6.45, 7) is 0. The van der Waals surface area contributed by atoms with E-state index < -0.39 is 41.8 Å². The van der Waals surface area contributed by atoms with Gasteiger partial charge in [0.15, 0.2) is 0 Å². The summed E-state index contributed by atoms with van der Waals surface area (Å²) in [4.78, 5) is 0. The van der Waals surface area contributed by atoms with E-state index in [-0.39, 0.29) is 0 Å². The van der Waals surface area contributed by atoms with Gasteiger partial charge < -0.3 is 0 Å². The van der Waals surface area contributed by atoms with Crippen LogP contribution in [0.15, 0.2) is 0 Å². The summed E-state index contributed by atoms with van der Waals surface area (Å²) in [7, 11) is 0.